The largest absolute Gasteiger partial charge is 0.459 e. The smallest absolute Gasteiger partial charge is 0.310 e. The number of aryl methyl sites for hydroxylation is 1. The average molecular weight is 326 g/mol. The lowest BCUT2D eigenvalue weighted by Gasteiger charge is -2.07. The predicted molar refractivity (Wildman–Crippen MR) is 86.1 cm³/mol. The molecule has 0 unspecified atom stereocenters. The molecule has 0 saturated carbocycles. The predicted octanol–water partition coefficient (Wildman–Crippen LogP) is 2.43. The fraction of sp³-hybridized carbons (Fsp3) is 0.167. The molecule has 2 aromatic heterocycles. The van der Waals surface area contributed by atoms with Gasteiger partial charge in [-0.2, -0.15) is 0 Å². The summed E-state index contributed by atoms with van der Waals surface area (Å²) in [4.78, 5) is 28.3. The fourth-order valence-corrected chi connectivity index (χ4v) is 2.41. The van der Waals surface area contributed by atoms with Gasteiger partial charge in [-0.25, -0.2) is 9.37 Å². The highest BCUT2D eigenvalue weighted by molar-refractivity contribution is 5.72. The Labute approximate surface area is 137 Å². The standard InChI is InChI=1S/C18H15FN2O3/c1-12-3-2-4-16-20-15(10-17(22)21(12)16)11-24-18(23)9-13-5-7-14(19)8-6-13/h2-8,10H,9,11H2,1H3. The van der Waals surface area contributed by atoms with Gasteiger partial charge in [0.1, 0.15) is 18.1 Å². The molecule has 0 saturated heterocycles. The number of benzene rings is 1. The lowest BCUT2D eigenvalue weighted by Crippen LogP contribution is -2.18. The van der Waals surface area contributed by atoms with Crippen LogP contribution in [0, 0.1) is 12.7 Å². The van der Waals surface area contributed by atoms with Crippen LogP contribution in [-0.2, 0) is 22.6 Å². The van der Waals surface area contributed by atoms with Gasteiger partial charge in [0.25, 0.3) is 5.56 Å². The third-order valence-electron chi connectivity index (χ3n) is 3.58. The number of nitrogens with zero attached hydrogens (tertiary/aromatic N) is 2. The van der Waals surface area contributed by atoms with E-state index in [0.29, 0.717) is 16.9 Å². The summed E-state index contributed by atoms with van der Waals surface area (Å²) in [5.74, 6) is -0.823. The van der Waals surface area contributed by atoms with E-state index in [2.05, 4.69) is 4.98 Å². The van der Waals surface area contributed by atoms with Crippen LogP contribution in [-0.4, -0.2) is 15.4 Å². The number of rotatable bonds is 4. The molecule has 1 aromatic carbocycles. The van der Waals surface area contributed by atoms with Crippen molar-refractivity contribution in [1.82, 2.24) is 9.38 Å². The van der Waals surface area contributed by atoms with Gasteiger partial charge >= 0.3 is 5.97 Å². The molecule has 0 atom stereocenters. The number of hydrogen-bond donors (Lipinski definition) is 0. The molecule has 6 heteroatoms. The van der Waals surface area contributed by atoms with Crippen molar-refractivity contribution in [2.24, 2.45) is 0 Å². The van der Waals surface area contributed by atoms with Gasteiger partial charge in [0.05, 0.1) is 12.1 Å². The molecular weight excluding hydrogens is 311 g/mol. The zero-order valence-corrected chi connectivity index (χ0v) is 13.0. The maximum Gasteiger partial charge on any atom is 0.310 e. The second-order valence-electron chi connectivity index (χ2n) is 5.41. The maximum atomic E-state index is 12.8. The average Bonchev–Trinajstić information content (AvgIpc) is 2.55. The fourth-order valence-electron chi connectivity index (χ4n) is 2.41. The Balaban J connectivity index is 1.70. The third-order valence-corrected chi connectivity index (χ3v) is 3.58. The first-order chi connectivity index (χ1) is 11.5. The van der Waals surface area contributed by atoms with E-state index < -0.39 is 5.97 Å². The summed E-state index contributed by atoms with van der Waals surface area (Å²) in [7, 11) is 0. The van der Waals surface area contributed by atoms with Gasteiger partial charge in [-0.1, -0.05) is 18.2 Å². The Kier molecular flexibility index (Phi) is 4.37. The van der Waals surface area contributed by atoms with E-state index >= 15 is 0 Å². The first-order valence-electron chi connectivity index (χ1n) is 7.41. The highest BCUT2D eigenvalue weighted by atomic mass is 19.1. The van der Waals surface area contributed by atoms with E-state index in [-0.39, 0.29) is 24.4 Å². The van der Waals surface area contributed by atoms with E-state index in [1.165, 1.54) is 34.7 Å². The van der Waals surface area contributed by atoms with Crippen LogP contribution in [0.5, 0.6) is 0 Å². The molecule has 0 bridgehead atoms. The lowest BCUT2D eigenvalue weighted by atomic mass is 10.1. The van der Waals surface area contributed by atoms with Crippen LogP contribution in [0.4, 0.5) is 4.39 Å². The molecule has 122 valence electrons. The van der Waals surface area contributed by atoms with Crippen molar-refractivity contribution in [3.63, 3.8) is 0 Å². The number of esters is 1. The molecule has 0 aliphatic carbocycles. The van der Waals surface area contributed by atoms with Crippen molar-refractivity contribution in [2.75, 3.05) is 0 Å². The van der Waals surface area contributed by atoms with Crippen LogP contribution >= 0.6 is 0 Å². The Hall–Kier alpha value is -3.02. The van der Waals surface area contributed by atoms with Crippen LogP contribution < -0.4 is 5.56 Å². The summed E-state index contributed by atoms with van der Waals surface area (Å²) in [6.07, 6.45) is 0.0337. The summed E-state index contributed by atoms with van der Waals surface area (Å²) in [5.41, 5.74) is 2.11. The number of fused-ring (bicyclic) bond motifs is 1. The summed E-state index contributed by atoms with van der Waals surface area (Å²) in [6.45, 7) is 1.73. The van der Waals surface area contributed by atoms with Crippen molar-refractivity contribution in [2.45, 2.75) is 20.0 Å². The minimum absolute atomic E-state index is 0.0337. The Morgan fingerprint density at radius 2 is 1.96 bits per heavy atom. The molecular formula is C18H15FN2O3. The molecule has 5 nitrogen and oxygen atoms in total. The van der Waals surface area contributed by atoms with Crippen LogP contribution in [0.2, 0.25) is 0 Å². The second kappa shape index (κ2) is 6.62. The number of halogens is 1. The monoisotopic (exact) mass is 326 g/mol. The van der Waals surface area contributed by atoms with Gasteiger partial charge in [0, 0.05) is 11.8 Å². The first kappa shape index (κ1) is 15.9. The molecule has 0 aliphatic heterocycles. The minimum atomic E-state index is -0.465. The highest BCUT2D eigenvalue weighted by Gasteiger charge is 2.08. The van der Waals surface area contributed by atoms with E-state index in [4.69, 9.17) is 4.74 Å². The maximum absolute atomic E-state index is 12.8. The Morgan fingerprint density at radius 1 is 1.21 bits per heavy atom. The number of hydrogen-bond acceptors (Lipinski definition) is 4. The molecule has 24 heavy (non-hydrogen) atoms. The second-order valence-corrected chi connectivity index (χ2v) is 5.41. The summed E-state index contributed by atoms with van der Waals surface area (Å²) >= 11 is 0. The Morgan fingerprint density at radius 3 is 2.71 bits per heavy atom. The number of aromatic nitrogens is 2. The summed E-state index contributed by atoms with van der Waals surface area (Å²) in [5, 5.41) is 0. The van der Waals surface area contributed by atoms with Crippen LogP contribution in [0.3, 0.4) is 0 Å². The molecule has 2 heterocycles. The van der Waals surface area contributed by atoms with Crippen molar-refractivity contribution in [3.05, 3.63) is 81.7 Å². The summed E-state index contributed by atoms with van der Waals surface area (Å²) in [6, 6.07) is 12.3. The van der Waals surface area contributed by atoms with Gasteiger partial charge in [-0.15, -0.1) is 0 Å². The number of carbonyl (C=O) groups is 1. The van der Waals surface area contributed by atoms with Crippen LogP contribution in [0.15, 0.2) is 53.3 Å². The van der Waals surface area contributed by atoms with Crippen molar-refractivity contribution >= 4 is 11.6 Å². The van der Waals surface area contributed by atoms with Gasteiger partial charge in [-0.05, 0) is 36.8 Å². The van der Waals surface area contributed by atoms with E-state index in [1.807, 2.05) is 13.0 Å². The van der Waals surface area contributed by atoms with E-state index in [9.17, 15) is 14.0 Å². The molecule has 3 aromatic rings. The molecule has 0 radical (unpaired) electrons. The van der Waals surface area contributed by atoms with Crippen molar-refractivity contribution in [1.29, 1.82) is 0 Å². The topological polar surface area (TPSA) is 60.7 Å². The van der Waals surface area contributed by atoms with Gasteiger partial charge in [0.15, 0.2) is 0 Å². The van der Waals surface area contributed by atoms with Gasteiger partial charge < -0.3 is 4.74 Å². The molecule has 0 fully saturated rings. The lowest BCUT2D eigenvalue weighted by molar-refractivity contribution is -0.144. The number of pyridine rings is 1. The summed E-state index contributed by atoms with van der Waals surface area (Å²) < 4.78 is 19.5. The molecule has 0 N–H and O–H groups in total. The number of carbonyl (C=O) groups excluding carboxylic acids is 1. The third kappa shape index (κ3) is 3.48. The highest BCUT2D eigenvalue weighted by Crippen LogP contribution is 2.07. The SMILES string of the molecule is Cc1cccc2nc(COC(=O)Cc3ccc(F)cc3)cc(=O)n12. The zero-order valence-electron chi connectivity index (χ0n) is 13.0. The minimum Gasteiger partial charge on any atom is -0.459 e. The van der Waals surface area contributed by atoms with Crippen molar-refractivity contribution < 1.29 is 13.9 Å². The molecule has 0 aliphatic rings. The quantitative estimate of drug-likeness (QED) is 0.691. The molecule has 0 spiro atoms. The zero-order chi connectivity index (χ0) is 17.1. The molecule has 0 amide bonds. The Bertz CT molecular complexity index is 949. The molecule has 3 rings (SSSR count). The van der Waals surface area contributed by atoms with E-state index in [1.54, 1.807) is 12.1 Å². The normalized spacial score (nSPS) is 10.8. The van der Waals surface area contributed by atoms with Crippen LogP contribution in [0.1, 0.15) is 17.0 Å². The van der Waals surface area contributed by atoms with Crippen molar-refractivity contribution in [3.8, 4) is 0 Å². The van der Waals surface area contributed by atoms with Crippen LogP contribution in [0.25, 0.3) is 5.65 Å². The van der Waals surface area contributed by atoms with E-state index in [0.717, 1.165) is 5.69 Å². The first-order valence-corrected chi connectivity index (χ1v) is 7.41. The van der Waals surface area contributed by atoms with Gasteiger partial charge in [-0.3, -0.25) is 14.0 Å². The van der Waals surface area contributed by atoms with Gasteiger partial charge in [0.2, 0.25) is 0 Å². The number of ether oxygens (including phenoxy) is 1.